The zero-order valence-electron chi connectivity index (χ0n) is 15.4. The molecule has 1 heterocycles. The molecule has 0 saturated heterocycles. The Morgan fingerprint density at radius 3 is 2.48 bits per heavy atom. The Morgan fingerprint density at radius 1 is 1.11 bits per heavy atom. The molecule has 1 aromatic heterocycles. The minimum Gasteiger partial charge on any atom is -0.354 e. The van der Waals surface area contributed by atoms with Crippen molar-refractivity contribution in [3.05, 3.63) is 40.6 Å². The summed E-state index contributed by atoms with van der Waals surface area (Å²) in [6.45, 7) is 0.727. The van der Waals surface area contributed by atoms with E-state index in [1.54, 1.807) is 16.7 Å². The highest BCUT2D eigenvalue weighted by atomic mass is 19.1. The molecule has 1 N–H and O–H groups in total. The highest BCUT2D eigenvalue weighted by Crippen LogP contribution is 2.36. The first-order valence-electron chi connectivity index (χ1n) is 9.86. The highest BCUT2D eigenvalue weighted by Gasteiger charge is 2.30. The predicted molar refractivity (Wildman–Crippen MR) is 99.7 cm³/mol. The van der Waals surface area contributed by atoms with E-state index in [9.17, 15) is 14.0 Å². The summed E-state index contributed by atoms with van der Waals surface area (Å²) < 4.78 is 16.3. The number of amides is 1. The van der Waals surface area contributed by atoms with Crippen LogP contribution in [0, 0.1) is 11.7 Å². The lowest BCUT2D eigenvalue weighted by Crippen LogP contribution is -2.36. The van der Waals surface area contributed by atoms with Gasteiger partial charge in [0.05, 0.1) is 6.54 Å². The first-order chi connectivity index (χ1) is 13.1. The van der Waals surface area contributed by atoms with E-state index in [-0.39, 0.29) is 29.4 Å². The second-order valence-electron chi connectivity index (χ2n) is 7.56. The van der Waals surface area contributed by atoms with Gasteiger partial charge in [0.2, 0.25) is 5.91 Å². The van der Waals surface area contributed by atoms with Gasteiger partial charge in [-0.1, -0.05) is 19.3 Å². The molecule has 7 heteroatoms. The standard InChI is InChI=1S/C20H25FN4O2/c21-16-8-6-14(7-9-16)18-23-24(20(27)25(18)17-10-11-17)13-12-22-19(26)15-4-2-1-3-5-15/h6-9,15,17H,1-5,10-13H2,(H,22,26). The van der Waals surface area contributed by atoms with Crippen LogP contribution in [-0.4, -0.2) is 26.8 Å². The van der Waals surface area contributed by atoms with Gasteiger partial charge < -0.3 is 5.32 Å². The van der Waals surface area contributed by atoms with E-state index in [2.05, 4.69) is 10.4 Å². The lowest BCUT2D eigenvalue weighted by Gasteiger charge is -2.20. The van der Waals surface area contributed by atoms with Crippen LogP contribution in [0.3, 0.4) is 0 Å². The van der Waals surface area contributed by atoms with Crippen LogP contribution in [0.5, 0.6) is 0 Å². The highest BCUT2D eigenvalue weighted by molar-refractivity contribution is 5.78. The fourth-order valence-corrected chi connectivity index (χ4v) is 3.82. The molecule has 0 unspecified atom stereocenters. The Bertz CT molecular complexity index is 861. The third kappa shape index (κ3) is 3.96. The van der Waals surface area contributed by atoms with Gasteiger partial charge >= 0.3 is 5.69 Å². The Morgan fingerprint density at radius 2 is 1.81 bits per heavy atom. The molecule has 4 rings (SSSR count). The molecule has 6 nitrogen and oxygen atoms in total. The molecule has 2 fully saturated rings. The van der Waals surface area contributed by atoms with Gasteiger partial charge in [-0.05, 0) is 49.9 Å². The van der Waals surface area contributed by atoms with Crippen LogP contribution in [0.1, 0.15) is 51.0 Å². The number of nitrogens with one attached hydrogen (secondary N) is 1. The first-order valence-corrected chi connectivity index (χ1v) is 9.86. The van der Waals surface area contributed by atoms with Crippen molar-refractivity contribution < 1.29 is 9.18 Å². The summed E-state index contributed by atoms with van der Waals surface area (Å²) in [5.41, 5.74) is 0.564. The van der Waals surface area contributed by atoms with E-state index in [0.29, 0.717) is 18.9 Å². The number of halogens is 1. The molecule has 144 valence electrons. The largest absolute Gasteiger partial charge is 0.354 e. The second kappa shape index (κ2) is 7.66. The van der Waals surface area contributed by atoms with Gasteiger partial charge in [-0.15, -0.1) is 5.10 Å². The monoisotopic (exact) mass is 372 g/mol. The van der Waals surface area contributed by atoms with Crippen molar-refractivity contribution >= 4 is 5.91 Å². The second-order valence-corrected chi connectivity index (χ2v) is 7.56. The maximum atomic E-state index is 13.2. The van der Waals surface area contributed by atoms with Crippen molar-refractivity contribution in [1.29, 1.82) is 0 Å². The summed E-state index contributed by atoms with van der Waals surface area (Å²) in [7, 11) is 0. The van der Waals surface area contributed by atoms with Crippen molar-refractivity contribution in [2.75, 3.05) is 6.54 Å². The van der Waals surface area contributed by atoms with E-state index >= 15 is 0 Å². The van der Waals surface area contributed by atoms with Crippen LogP contribution in [0.4, 0.5) is 4.39 Å². The van der Waals surface area contributed by atoms with E-state index in [4.69, 9.17) is 0 Å². The van der Waals surface area contributed by atoms with E-state index in [1.165, 1.54) is 23.2 Å². The van der Waals surface area contributed by atoms with Crippen molar-refractivity contribution in [2.45, 2.75) is 57.5 Å². The van der Waals surface area contributed by atoms with Gasteiger partial charge in [0.1, 0.15) is 5.82 Å². The van der Waals surface area contributed by atoms with Gasteiger partial charge in [0, 0.05) is 24.1 Å². The molecular formula is C20H25FN4O2. The summed E-state index contributed by atoms with van der Waals surface area (Å²) in [5.74, 6) is 0.447. The fourth-order valence-electron chi connectivity index (χ4n) is 3.82. The average Bonchev–Trinajstić information content (AvgIpc) is 3.47. The van der Waals surface area contributed by atoms with Crippen LogP contribution in [0.25, 0.3) is 11.4 Å². The average molecular weight is 372 g/mol. The molecule has 27 heavy (non-hydrogen) atoms. The molecule has 0 atom stereocenters. The van der Waals surface area contributed by atoms with Crippen LogP contribution in [-0.2, 0) is 11.3 Å². The SMILES string of the molecule is O=C(NCCn1nc(-c2ccc(F)cc2)n(C2CC2)c1=O)C1CCCCC1. The summed E-state index contributed by atoms with van der Waals surface area (Å²) in [6.07, 6.45) is 7.27. The van der Waals surface area contributed by atoms with Crippen LogP contribution in [0.2, 0.25) is 0 Å². The molecule has 2 saturated carbocycles. The molecule has 0 spiro atoms. The normalized spacial score (nSPS) is 17.8. The zero-order chi connectivity index (χ0) is 18.8. The molecule has 0 bridgehead atoms. The number of carbonyl (C=O) groups is 1. The minimum atomic E-state index is -0.316. The molecule has 2 aliphatic rings. The lowest BCUT2D eigenvalue weighted by atomic mass is 9.89. The molecular weight excluding hydrogens is 347 g/mol. The molecule has 1 amide bonds. The van der Waals surface area contributed by atoms with Gasteiger partial charge in [0.25, 0.3) is 0 Å². The van der Waals surface area contributed by atoms with Crippen molar-refractivity contribution in [1.82, 2.24) is 19.7 Å². The quantitative estimate of drug-likeness (QED) is 0.848. The van der Waals surface area contributed by atoms with Crippen LogP contribution >= 0.6 is 0 Å². The number of hydrogen-bond acceptors (Lipinski definition) is 3. The fraction of sp³-hybridized carbons (Fsp3) is 0.550. The van der Waals surface area contributed by atoms with Crippen molar-refractivity contribution in [2.24, 2.45) is 5.92 Å². The van der Waals surface area contributed by atoms with Gasteiger partial charge in [-0.2, -0.15) is 0 Å². The molecule has 1 aromatic carbocycles. The Labute approximate surface area is 157 Å². The Balaban J connectivity index is 1.46. The van der Waals surface area contributed by atoms with Gasteiger partial charge in [-0.25, -0.2) is 13.9 Å². The van der Waals surface area contributed by atoms with Gasteiger partial charge in [0.15, 0.2) is 5.82 Å². The summed E-state index contributed by atoms with van der Waals surface area (Å²) in [5, 5.41) is 7.43. The minimum absolute atomic E-state index is 0.0862. The summed E-state index contributed by atoms with van der Waals surface area (Å²) in [6, 6.07) is 6.21. The van der Waals surface area contributed by atoms with Crippen LogP contribution in [0.15, 0.2) is 29.1 Å². The number of hydrogen-bond donors (Lipinski definition) is 1. The Hall–Kier alpha value is -2.44. The number of nitrogens with zero attached hydrogens (tertiary/aromatic N) is 3. The molecule has 0 radical (unpaired) electrons. The smallest absolute Gasteiger partial charge is 0.346 e. The number of rotatable bonds is 6. The first kappa shape index (κ1) is 17.9. The molecule has 2 aromatic rings. The Kier molecular flexibility index (Phi) is 5.09. The third-order valence-corrected chi connectivity index (χ3v) is 5.48. The number of benzene rings is 1. The van der Waals surface area contributed by atoms with Crippen molar-refractivity contribution in [3.63, 3.8) is 0 Å². The van der Waals surface area contributed by atoms with Crippen molar-refractivity contribution in [3.8, 4) is 11.4 Å². The zero-order valence-corrected chi connectivity index (χ0v) is 15.4. The van der Waals surface area contributed by atoms with Gasteiger partial charge in [-0.3, -0.25) is 9.36 Å². The number of aromatic nitrogens is 3. The van der Waals surface area contributed by atoms with Crippen LogP contribution < -0.4 is 11.0 Å². The summed E-state index contributed by atoms with van der Waals surface area (Å²) in [4.78, 5) is 25.0. The van der Waals surface area contributed by atoms with E-state index in [1.807, 2.05) is 0 Å². The number of carbonyl (C=O) groups excluding carboxylic acids is 1. The maximum Gasteiger partial charge on any atom is 0.346 e. The summed E-state index contributed by atoms with van der Waals surface area (Å²) >= 11 is 0. The maximum absolute atomic E-state index is 13.2. The predicted octanol–water partition coefficient (Wildman–Crippen LogP) is 2.88. The third-order valence-electron chi connectivity index (χ3n) is 5.48. The topological polar surface area (TPSA) is 68.9 Å². The van der Waals surface area contributed by atoms with E-state index < -0.39 is 0 Å². The molecule has 0 aliphatic heterocycles. The molecule has 2 aliphatic carbocycles. The van der Waals surface area contributed by atoms with E-state index in [0.717, 1.165) is 44.1 Å². The lowest BCUT2D eigenvalue weighted by molar-refractivity contribution is -0.125.